The minimum Gasteiger partial charge on any atom is -0.481 e. The van der Waals surface area contributed by atoms with Crippen molar-refractivity contribution in [3.05, 3.63) is 29.8 Å². The lowest BCUT2D eigenvalue weighted by molar-refractivity contribution is -0.137. The summed E-state index contributed by atoms with van der Waals surface area (Å²) in [7, 11) is -3.27. The van der Waals surface area contributed by atoms with E-state index in [4.69, 9.17) is 5.11 Å². The van der Waals surface area contributed by atoms with E-state index in [2.05, 4.69) is 0 Å². The van der Waals surface area contributed by atoms with Gasteiger partial charge < -0.3 is 5.11 Å². The van der Waals surface area contributed by atoms with Crippen molar-refractivity contribution < 1.29 is 18.3 Å². The molecule has 0 aliphatic carbocycles. The third-order valence-corrected chi connectivity index (χ3v) is 4.20. The fourth-order valence-corrected chi connectivity index (χ4v) is 2.97. The molecule has 0 radical (unpaired) electrons. The van der Waals surface area contributed by atoms with Crippen LogP contribution < -0.4 is 0 Å². The van der Waals surface area contributed by atoms with E-state index in [1.165, 1.54) is 0 Å². The lowest BCUT2D eigenvalue weighted by atomic mass is 10.2. The topological polar surface area (TPSA) is 71.4 Å². The summed E-state index contributed by atoms with van der Waals surface area (Å²) in [6.07, 6.45) is 0.784. The van der Waals surface area contributed by atoms with Gasteiger partial charge in [0.15, 0.2) is 9.84 Å². The predicted octanol–water partition coefficient (Wildman–Crippen LogP) is 2.02. The third-order valence-electron chi connectivity index (χ3n) is 2.40. The molecule has 0 aliphatic rings. The van der Waals surface area contributed by atoms with Crippen molar-refractivity contribution in [3.63, 3.8) is 0 Å². The largest absolute Gasteiger partial charge is 0.481 e. The number of hydrogen-bond donors (Lipinski definition) is 1. The average Bonchev–Trinajstić information content (AvgIpc) is 2.24. The first kappa shape index (κ1) is 13.7. The molecule has 1 rings (SSSR count). The van der Waals surface area contributed by atoms with E-state index < -0.39 is 15.8 Å². The molecule has 1 N–H and O–H groups in total. The zero-order chi connectivity index (χ0) is 12.9. The fourth-order valence-electron chi connectivity index (χ4n) is 1.49. The summed E-state index contributed by atoms with van der Waals surface area (Å²) < 4.78 is 23.8. The Bertz CT molecular complexity index is 491. The van der Waals surface area contributed by atoms with E-state index in [-0.39, 0.29) is 12.2 Å². The van der Waals surface area contributed by atoms with E-state index in [9.17, 15) is 13.2 Å². The molecular formula is C12H16O4S. The number of carboxylic acid groups (broad SMARTS) is 1. The number of rotatable bonds is 6. The second-order valence-corrected chi connectivity index (χ2v) is 6.10. The zero-order valence-electron chi connectivity index (χ0n) is 9.72. The van der Waals surface area contributed by atoms with Gasteiger partial charge in [0.05, 0.1) is 10.6 Å². The van der Waals surface area contributed by atoms with Crippen molar-refractivity contribution in [2.45, 2.75) is 31.1 Å². The number of carboxylic acids is 1. The number of carbonyl (C=O) groups is 1. The first-order valence-electron chi connectivity index (χ1n) is 5.43. The van der Waals surface area contributed by atoms with Crippen LogP contribution in [0.3, 0.4) is 0 Å². The van der Waals surface area contributed by atoms with Gasteiger partial charge in [-0.3, -0.25) is 4.79 Å². The average molecular weight is 256 g/mol. The fraction of sp³-hybridized carbons (Fsp3) is 0.417. The minimum atomic E-state index is -3.27. The molecule has 1 aromatic rings. The molecule has 0 fully saturated rings. The van der Waals surface area contributed by atoms with Crippen molar-refractivity contribution in [1.82, 2.24) is 0 Å². The van der Waals surface area contributed by atoms with Crippen molar-refractivity contribution in [2.75, 3.05) is 5.75 Å². The monoisotopic (exact) mass is 256 g/mol. The van der Waals surface area contributed by atoms with Crippen LogP contribution in [-0.4, -0.2) is 25.2 Å². The van der Waals surface area contributed by atoms with Crippen LogP contribution in [0.4, 0.5) is 0 Å². The maximum absolute atomic E-state index is 11.9. The van der Waals surface area contributed by atoms with Gasteiger partial charge in [-0.15, -0.1) is 0 Å². The summed E-state index contributed by atoms with van der Waals surface area (Å²) in [5, 5.41) is 8.45. The highest BCUT2D eigenvalue weighted by Gasteiger charge is 2.13. The van der Waals surface area contributed by atoms with Crippen molar-refractivity contribution in [2.24, 2.45) is 0 Å². The van der Waals surface area contributed by atoms with E-state index in [1.54, 1.807) is 18.2 Å². The first-order valence-corrected chi connectivity index (χ1v) is 7.08. The standard InChI is InChI=1S/C12H16O4S/c1-10-5-4-6-11(9-10)17(15,16)8-3-2-7-12(13)14/h4-6,9H,2-3,7-8H2,1H3,(H,13,14). The van der Waals surface area contributed by atoms with Gasteiger partial charge >= 0.3 is 5.97 Å². The second kappa shape index (κ2) is 5.82. The van der Waals surface area contributed by atoms with Gasteiger partial charge in [-0.25, -0.2) is 8.42 Å². The Hall–Kier alpha value is -1.36. The Kier molecular flexibility index (Phi) is 4.69. The summed E-state index contributed by atoms with van der Waals surface area (Å²) in [5.41, 5.74) is 0.900. The number of sulfone groups is 1. The summed E-state index contributed by atoms with van der Waals surface area (Å²) in [5.74, 6) is -0.887. The molecule has 0 aliphatic heterocycles. The molecule has 0 atom stereocenters. The molecule has 0 bridgehead atoms. The van der Waals surface area contributed by atoms with Gasteiger partial charge in [0, 0.05) is 6.42 Å². The second-order valence-electron chi connectivity index (χ2n) is 3.99. The molecular weight excluding hydrogens is 240 g/mol. The predicted molar refractivity (Wildman–Crippen MR) is 64.7 cm³/mol. The molecule has 0 unspecified atom stereocenters. The molecule has 0 amide bonds. The van der Waals surface area contributed by atoms with Crippen LogP contribution in [-0.2, 0) is 14.6 Å². The van der Waals surface area contributed by atoms with Crippen LogP contribution >= 0.6 is 0 Å². The van der Waals surface area contributed by atoms with E-state index in [0.29, 0.717) is 17.7 Å². The highest BCUT2D eigenvalue weighted by Crippen LogP contribution is 2.14. The van der Waals surface area contributed by atoms with Crippen molar-refractivity contribution >= 4 is 15.8 Å². The van der Waals surface area contributed by atoms with Crippen LogP contribution in [0, 0.1) is 6.92 Å². The van der Waals surface area contributed by atoms with Gasteiger partial charge in [0.1, 0.15) is 0 Å². The molecule has 0 spiro atoms. The molecule has 0 heterocycles. The highest BCUT2D eigenvalue weighted by molar-refractivity contribution is 7.91. The molecule has 0 saturated carbocycles. The summed E-state index contributed by atoms with van der Waals surface area (Å²) in [4.78, 5) is 10.6. The quantitative estimate of drug-likeness (QED) is 0.790. The van der Waals surface area contributed by atoms with Crippen LogP contribution in [0.2, 0.25) is 0 Å². The number of aryl methyl sites for hydroxylation is 1. The number of benzene rings is 1. The maximum Gasteiger partial charge on any atom is 0.303 e. The van der Waals surface area contributed by atoms with Crippen molar-refractivity contribution in [3.8, 4) is 0 Å². The molecule has 0 aromatic heterocycles. The van der Waals surface area contributed by atoms with Crippen LogP contribution in [0.5, 0.6) is 0 Å². The highest BCUT2D eigenvalue weighted by atomic mass is 32.2. The molecule has 0 saturated heterocycles. The lowest BCUT2D eigenvalue weighted by Gasteiger charge is -2.04. The van der Waals surface area contributed by atoms with Crippen LogP contribution in [0.1, 0.15) is 24.8 Å². The SMILES string of the molecule is Cc1cccc(S(=O)(=O)CCCCC(=O)O)c1. The summed E-state index contributed by atoms with van der Waals surface area (Å²) >= 11 is 0. The van der Waals surface area contributed by atoms with Gasteiger partial charge in [0.2, 0.25) is 0 Å². The smallest absolute Gasteiger partial charge is 0.303 e. The maximum atomic E-state index is 11.9. The summed E-state index contributed by atoms with van der Waals surface area (Å²) in [6, 6.07) is 6.75. The Morgan fingerprint density at radius 3 is 2.59 bits per heavy atom. The zero-order valence-corrected chi connectivity index (χ0v) is 10.5. The molecule has 1 aromatic carbocycles. The normalized spacial score (nSPS) is 11.4. The number of unbranched alkanes of at least 4 members (excludes halogenated alkanes) is 1. The minimum absolute atomic E-state index is 0.00370. The lowest BCUT2D eigenvalue weighted by Crippen LogP contribution is -2.07. The molecule has 94 valence electrons. The Balaban J connectivity index is 2.60. The van der Waals surface area contributed by atoms with Crippen LogP contribution in [0.15, 0.2) is 29.2 Å². The Morgan fingerprint density at radius 1 is 1.29 bits per heavy atom. The molecule has 4 nitrogen and oxygen atoms in total. The van der Waals surface area contributed by atoms with Gasteiger partial charge in [0.25, 0.3) is 0 Å². The third kappa shape index (κ3) is 4.56. The Morgan fingerprint density at radius 2 is 2.00 bits per heavy atom. The van der Waals surface area contributed by atoms with Crippen molar-refractivity contribution in [1.29, 1.82) is 0 Å². The van der Waals surface area contributed by atoms with E-state index in [0.717, 1.165) is 5.56 Å². The van der Waals surface area contributed by atoms with Gasteiger partial charge in [-0.05, 0) is 37.5 Å². The van der Waals surface area contributed by atoms with E-state index in [1.807, 2.05) is 13.0 Å². The van der Waals surface area contributed by atoms with E-state index >= 15 is 0 Å². The van der Waals surface area contributed by atoms with Gasteiger partial charge in [-0.2, -0.15) is 0 Å². The molecule has 17 heavy (non-hydrogen) atoms. The Labute approximate surface area is 101 Å². The number of aliphatic carboxylic acids is 1. The number of hydrogen-bond acceptors (Lipinski definition) is 3. The first-order chi connectivity index (χ1) is 7.92. The summed E-state index contributed by atoms with van der Waals surface area (Å²) in [6.45, 7) is 1.84. The van der Waals surface area contributed by atoms with Gasteiger partial charge in [-0.1, -0.05) is 12.1 Å². The van der Waals surface area contributed by atoms with Crippen LogP contribution in [0.25, 0.3) is 0 Å². The molecule has 5 heteroatoms.